The highest BCUT2D eigenvalue weighted by atomic mass is 19.3. The predicted molar refractivity (Wildman–Crippen MR) is 99.3 cm³/mol. The van der Waals surface area contributed by atoms with Crippen molar-refractivity contribution in [3.8, 4) is 23.1 Å². The molecule has 29 heavy (non-hydrogen) atoms. The second kappa shape index (κ2) is 8.71. The van der Waals surface area contributed by atoms with E-state index in [0.29, 0.717) is 5.56 Å². The van der Waals surface area contributed by atoms with Gasteiger partial charge in [0, 0.05) is 17.2 Å². The minimum absolute atomic E-state index is 0.0680. The summed E-state index contributed by atoms with van der Waals surface area (Å²) in [6, 6.07) is 13.4. The fourth-order valence-corrected chi connectivity index (χ4v) is 2.41. The number of benzene rings is 2. The van der Waals surface area contributed by atoms with Gasteiger partial charge in [-0.15, -0.1) is 0 Å². The number of aromatic nitrogens is 2. The monoisotopic (exact) mass is 399 g/mol. The molecule has 0 fully saturated rings. The van der Waals surface area contributed by atoms with Crippen LogP contribution in [0.25, 0.3) is 11.3 Å². The summed E-state index contributed by atoms with van der Waals surface area (Å²) < 4.78 is 42.4. The summed E-state index contributed by atoms with van der Waals surface area (Å²) in [7, 11) is 0. The van der Waals surface area contributed by atoms with Crippen LogP contribution in [0, 0.1) is 17.1 Å². The van der Waals surface area contributed by atoms with Crippen LogP contribution in [0.2, 0.25) is 0 Å². The summed E-state index contributed by atoms with van der Waals surface area (Å²) >= 11 is 0. The van der Waals surface area contributed by atoms with Gasteiger partial charge in [0.2, 0.25) is 5.95 Å². The third-order valence-electron chi connectivity index (χ3n) is 3.64. The van der Waals surface area contributed by atoms with Crippen molar-refractivity contribution in [2.45, 2.75) is 6.61 Å². The number of H-pyrrole nitrogens is 1. The minimum Gasteiger partial charge on any atom is -0.434 e. The Balaban J connectivity index is 1.90. The summed E-state index contributed by atoms with van der Waals surface area (Å²) in [6.07, 6.45) is 1.09. The molecule has 10 heteroatoms. The topological polar surface area (TPSA) is 103 Å². The van der Waals surface area contributed by atoms with Crippen molar-refractivity contribution in [2.24, 2.45) is 5.10 Å². The van der Waals surface area contributed by atoms with Crippen LogP contribution in [0.4, 0.5) is 19.1 Å². The number of nitriles is 1. The zero-order chi connectivity index (χ0) is 20.8. The van der Waals surface area contributed by atoms with Gasteiger partial charge in [0.15, 0.2) is 0 Å². The molecule has 0 saturated carbocycles. The molecular formula is C19H12F3N5O2. The van der Waals surface area contributed by atoms with Crippen LogP contribution >= 0.6 is 0 Å². The van der Waals surface area contributed by atoms with Crippen LogP contribution in [-0.2, 0) is 0 Å². The van der Waals surface area contributed by atoms with Gasteiger partial charge >= 0.3 is 6.61 Å². The Morgan fingerprint density at radius 2 is 2.00 bits per heavy atom. The molecule has 0 aliphatic rings. The van der Waals surface area contributed by atoms with Crippen molar-refractivity contribution >= 4 is 12.2 Å². The maximum absolute atomic E-state index is 13.2. The van der Waals surface area contributed by atoms with Gasteiger partial charge < -0.3 is 4.74 Å². The molecule has 0 spiro atoms. The van der Waals surface area contributed by atoms with E-state index in [1.807, 2.05) is 0 Å². The van der Waals surface area contributed by atoms with Gasteiger partial charge in [0.25, 0.3) is 5.56 Å². The molecule has 0 radical (unpaired) electrons. The maximum Gasteiger partial charge on any atom is 0.387 e. The smallest absolute Gasteiger partial charge is 0.387 e. The van der Waals surface area contributed by atoms with Gasteiger partial charge in [-0.3, -0.25) is 9.78 Å². The Labute approximate surface area is 162 Å². The lowest BCUT2D eigenvalue weighted by molar-refractivity contribution is -0.0500. The fraction of sp³-hybridized carbons (Fsp3) is 0.0526. The molecule has 7 nitrogen and oxygen atoms in total. The summed E-state index contributed by atoms with van der Waals surface area (Å²) in [5.41, 5.74) is 2.37. The third kappa shape index (κ3) is 4.78. The molecule has 2 aromatic carbocycles. The highest BCUT2D eigenvalue weighted by Gasteiger charge is 2.13. The van der Waals surface area contributed by atoms with E-state index in [1.54, 1.807) is 36.4 Å². The normalized spacial score (nSPS) is 10.9. The van der Waals surface area contributed by atoms with Gasteiger partial charge in [-0.2, -0.15) is 19.1 Å². The number of rotatable bonds is 6. The first kappa shape index (κ1) is 19.6. The number of halogens is 3. The number of hydrogen-bond acceptors (Lipinski definition) is 6. The van der Waals surface area contributed by atoms with Crippen LogP contribution in [0.1, 0.15) is 11.1 Å². The molecule has 0 amide bonds. The van der Waals surface area contributed by atoms with Crippen molar-refractivity contribution in [2.75, 3.05) is 5.43 Å². The van der Waals surface area contributed by atoms with E-state index in [0.717, 1.165) is 18.3 Å². The maximum atomic E-state index is 13.2. The number of aromatic amines is 1. The quantitative estimate of drug-likeness (QED) is 0.488. The average Bonchev–Trinajstić information content (AvgIpc) is 2.69. The van der Waals surface area contributed by atoms with Gasteiger partial charge in [-0.05, 0) is 12.1 Å². The van der Waals surface area contributed by atoms with E-state index >= 15 is 0 Å². The molecule has 0 aliphatic carbocycles. The molecule has 1 aromatic heterocycles. The minimum atomic E-state index is -3.14. The standard InChI is InChI=1S/C19H12F3N5O2/c20-13-7-6-12(15(8-13)29-18(21)22)10-24-27-19-25-16(11-4-2-1-3-5-11)14(9-23)17(28)26-19/h1-8,10,18H,(H2,25,26,27,28). The molecule has 0 atom stereocenters. The summed E-state index contributed by atoms with van der Waals surface area (Å²) in [5.74, 6) is -1.24. The number of alkyl halides is 2. The van der Waals surface area contributed by atoms with E-state index in [4.69, 9.17) is 0 Å². The van der Waals surface area contributed by atoms with Crippen molar-refractivity contribution in [1.29, 1.82) is 5.26 Å². The third-order valence-corrected chi connectivity index (χ3v) is 3.64. The first-order valence-electron chi connectivity index (χ1n) is 8.11. The zero-order valence-electron chi connectivity index (χ0n) is 14.6. The van der Waals surface area contributed by atoms with Crippen molar-refractivity contribution in [3.63, 3.8) is 0 Å². The molecule has 146 valence electrons. The van der Waals surface area contributed by atoms with Crippen molar-refractivity contribution in [3.05, 3.63) is 75.8 Å². The SMILES string of the molecule is N#Cc1c(-c2ccccc2)nc(NN=Cc2ccc(F)cc2OC(F)F)[nH]c1=O. The van der Waals surface area contributed by atoms with E-state index in [2.05, 4.69) is 25.2 Å². The highest BCUT2D eigenvalue weighted by Crippen LogP contribution is 2.21. The molecule has 3 aromatic rings. The molecule has 0 unspecified atom stereocenters. The summed E-state index contributed by atoms with van der Waals surface area (Å²) in [4.78, 5) is 18.7. The van der Waals surface area contributed by atoms with Crippen LogP contribution in [0.5, 0.6) is 5.75 Å². The van der Waals surface area contributed by atoms with Crippen LogP contribution in [-0.4, -0.2) is 22.8 Å². The molecule has 0 bridgehead atoms. The average molecular weight is 399 g/mol. The number of anilines is 1. The Kier molecular flexibility index (Phi) is 5.89. The number of nitrogens with zero attached hydrogens (tertiary/aromatic N) is 3. The number of hydrazone groups is 1. The number of nitrogens with one attached hydrogen (secondary N) is 2. The first-order valence-corrected chi connectivity index (χ1v) is 8.11. The molecular weight excluding hydrogens is 387 g/mol. The van der Waals surface area contributed by atoms with Crippen LogP contribution < -0.4 is 15.7 Å². The van der Waals surface area contributed by atoms with Gasteiger partial charge in [0.05, 0.1) is 11.9 Å². The van der Waals surface area contributed by atoms with E-state index in [-0.39, 0.29) is 22.8 Å². The highest BCUT2D eigenvalue weighted by molar-refractivity contribution is 5.84. The zero-order valence-corrected chi connectivity index (χ0v) is 14.6. The van der Waals surface area contributed by atoms with E-state index in [9.17, 15) is 23.2 Å². The van der Waals surface area contributed by atoms with Crippen molar-refractivity contribution in [1.82, 2.24) is 9.97 Å². The number of ether oxygens (including phenoxy) is 1. The summed E-state index contributed by atoms with van der Waals surface area (Å²) in [6.45, 7) is -3.14. The number of hydrogen-bond donors (Lipinski definition) is 2. The summed E-state index contributed by atoms with van der Waals surface area (Å²) in [5, 5.41) is 13.0. The Bertz CT molecular complexity index is 1140. The lowest BCUT2D eigenvalue weighted by Gasteiger charge is -2.08. The van der Waals surface area contributed by atoms with E-state index < -0.39 is 23.7 Å². The van der Waals surface area contributed by atoms with Crippen molar-refractivity contribution < 1.29 is 17.9 Å². The fourth-order valence-electron chi connectivity index (χ4n) is 2.41. The van der Waals surface area contributed by atoms with Crippen LogP contribution in [0.3, 0.4) is 0 Å². The molecule has 0 saturated heterocycles. The van der Waals surface area contributed by atoms with Gasteiger partial charge in [-0.25, -0.2) is 14.8 Å². The lowest BCUT2D eigenvalue weighted by Crippen LogP contribution is -2.16. The molecule has 3 rings (SSSR count). The van der Waals surface area contributed by atoms with Gasteiger partial charge in [-0.1, -0.05) is 30.3 Å². The Hall–Kier alpha value is -4.13. The largest absolute Gasteiger partial charge is 0.434 e. The van der Waals surface area contributed by atoms with Crippen LogP contribution in [0.15, 0.2) is 58.4 Å². The second-order valence-electron chi connectivity index (χ2n) is 5.55. The Morgan fingerprint density at radius 3 is 2.69 bits per heavy atom. The predicted octanol–water partition coefficient (Wildman–Crippen LogP) is 3.50. The second-order valence-corrected chi connectivity index (χ2v) is 5.55. The molecule has 1 heterocycles. The Morgan fingerprint density at radius 1 is 1.24 bits per heavy atom. The molecule has 2 N–H and O–H groups in total. The van der Waals surface area contributed by atoms with Gasteiger partial charge in [0.1, 0.15) is 23.2 Å². The first-order chi connectivity index (χ1) is 14.0. The van der Waals surface area contributed by atoms with E-state index in [1.165, 1.54) is 6.07 Å². The lowest BCUT2D eigenvalue weighted by atomic mass is 10.1. The molecule has 0 aliphatic heterocycles.